The second kappa shape index (κ2) is 4.65. The molecule has 0 unspecified atom stereocenters. The van der Waals surface area contributed by atoms with Crippen LogP contribution in [0.2, 0.25) is 0 Å². The van der Waals surface area contributed by atoms with Crippen molar-refractivity contribution in [1.29, 1.82) is 0 Å². The van der Waals surface area contributed by atoms with Gasteiger partial charge >= 0.3 is 5.97 Å². The lowest BCUT2D eigenvalue weighted by Gasteiger charge is -2.39. The summed E-state index contributed by atoms with van der Waals surface area (Å²) in [5.74, 6) is -0.352. The van der Waals surface area contributed by atoms with Gasteiger partial charge in [0.2, 0.25) is 0 Å². The van der Waals surface area contributed by atoms with E-state index < -0.39 is 12.2 Å². The van der Waals surface area contributed by atoms with E-state index in [0.717, 1.165) is 12.8 Å². The molecule has 5 nitrogen and oxygen atoms in total. The highest BCUT2D eigenvalue weighted by atomic mass is 16.6. The van der Waals surface area contributed by atoms with Crippen LogP contribution in [0.3, 0.4) is 0 Å². The number of rotatable bonds is 2. The lowest BCUT2D eigenvalue weighted by atomic mass is 9.97. The minimum atomic E-state index is -0.544. The van der Waals surface area contributed by atoms with E-state index in [-0.39, 0.29) is 12.0 Å². The minimum absolute atomic E-state index is 0.151. The molecule has 3 heterocycles. The number of aryl methyl sites for hydroxylation is 1. The fraction of sp³-hybridized carbons (Fsp3) is 0.643. The van der Waals surface area contributed by atoms with Gasteiger partial charge in [-0.15, -0.1) is 0 Å². The zero-order valence-electron chi connectivity index (χ0n) is 11.3. The Balaban J connectivity index is 1.75. The van der Waals surface area contributed by atoms with Crippen LogP contribution >= 0.6 is 0 Å². The number of carbonyl (C=O) groups excluding carboxylic acids is 1. The Morgan fingerprint density at radius 3 is 2.89 bits per heavy atom. The molecule has 2 fully saturated rings. The summed E-state index contributed by atoms with van der Waals surface area (Å²) in [5.41, 5.74) is 0.523. The number of esters is 1. The van der Waals surface area contributed by atoms with Gasteiger partial charge in [-0.05, 0) is 38.4 Å². The van der Waals surface area contributed by atoms with Gasteiger partial charge in [0, 0.05) is 25.3 Å². The van der Waals surface area contributed by atoms with Gasteiger partial charge in [0.15, 0.2) is 0 Å². The van der Waals surface area contributed by atoms with E-state index >= 15 is 0 Å². The summed E-state index contributed by atoms with van der Waals surface area (Å²) in [5, 5.41) is 10.2. The Labute approximate surface area is 112 Å². The van der Waals surface area contributed by atoms with Gasteiger partial charge in [-0.1, -0.05) is 0 Å². The van der Waals surface area contributed by atoms with Crippen LogP contribution in [0.4, 0.5) is 0 Å². The van der Waals surface area contributed by atoms with Gasteiger partial charge in [-0.2, -0.15) is 0 Å². The summed E-state index contributed by atoms with van der Waals surface area (Å²) in [6.07, 6.45) is 3.62. The van der Waals surface area contributed by atoms with Crippen LogP contribution in [-0.4, -0.2) is 51.9 Å². The number of aliphatic hydroxyl groups is 1. The smallest absolute Gasteiger partial charge is 0.355 e. The lowest BCUT2D eigenvalue weighted by molar-refractivity contribution is -0.0803. The van der Waals surface area contributed by atoms with Crippen molar-refractivity contribution in [3.63, 3.8) is 0 Å². The van der Waals surface area contributed by atoms with Crippen LogP contribution in [0.25, 0.3) is 0 Å². The predicted octanol–water partition coefficient (Wildman–Crippen LogP) is 0.778. The van der Waals surface area contributed by atoms with Crippen molar-refractivity contribution >= 4 is 5.97 Å². The number of carbonyl (C=O) groups is 1. The number of fused-ring (bicyclic) bond motifs is 2. The van der Waals surface area contributed by atoms with Gasteiger partial charge in [-0.3, -0.25) is 4.90 Å². The van der Waals surface area contributed by atoms with Crippen molar-refractivity contribution in [3.05, 3.63) is 24.0 Å². The quantitative estimate of drug-likeness (QED) is 0.802. The number of piperidine rings is 1. The predicted molar refractivity (Wildman–Crippen MR) is 69.8 cm³/mol. The molecule has 104 valence electrons. The Bertz CT molecular complexity index is 485. The Kier molecular flexibility index (Phi) is 3.11. The topological polar surface area (TPSA) is 54.7 Å². The maximum Gasteiger partial charge on any atom is 0.355 e. The second-order valence-corrected chi connectivity index (χ2v) is 5.64. The molecule has 0 spiro atoms. The van der Waals surface area contributed by atoms with Gasteiger partial charge in [-0.25, -0.2) is 4.79 Å². The summed E-state index contributed by atoms with van der Waals surface area (Å²) in [4.78, 5) is 14.4. The van der Waals surface area contributed by atoms with E-state index in [1.165, 1.54) is 0 Å². The van der Waals surface area contributed by atoms with E-state index in [1.807, 2.05) is 19.3 Å². The molecule has 0 aromatic carbocycles. The Morgan fingerprint density at radius 2 is 2.21 bits per heavy atom. The van der Waals surface area contributed by atoms with Crippen LogP contribution < -0.4 is 0 Å². The highest BCUT2D eigenvalue weighted by Gasteiger charge is 2.47. The molecule has 2 aliphatic heterocycles. The summed E-state index contributed by atoms with van der Waals surface area (Å²) in [6.45, 7) is 0. The summed E-state index contributed by atoms with van der Waals surface area (Å²) >= 11 is 0. The summed E-state index contributed by atoms with van der Waals surface area (Å²) in [7, 11) is 3.86. The molecule has 0 saturated carbocycles. The number of hydrogen-bond donors (Lipinski definition) is 1. The summed E-state index contributed by atoms with van der Waals surface area (Å²) in [6, 6.07) is 4.13. The molecule has 2 bridgehead atoms. The zero-order chi connectivity index (χ0) is 13.6. The van der Waals surface area contributed by atoms with E-state index in [9.17, 15) is 9.90 Å². The molecule has 2 saturated heterocycles. The van der Waals surface area contributed by atoms with Crippen LogP contribution in [0, 0.1) is 0 Å². The number of aliphatic hydroxyl groups excluding tert-OH is 1. The molecule has 0 amide bonds. The van der Waals surface area contributed by atoms with E-state index in [4.69, 9.17) is 4.74 Å². The van der Waals surface area contributed by atoms with E-state index in [0.29, 0.717) is 18.2 Å². The van der Waals surface area contributed by atoms with Gasteiger partial charge in [0.05, 0.1) is 6.10 Å². The van der Waals surface area contributed by atoms with E-state index in [1.54, 1.807) is 10.6 Å². The van der Waals surface area contributed by atoms with Crippen molar-refractivity contribution in [2.24, 2.45) is 7.05 Å². The molecule has 0 aliphatic carbocycles. The maximum atomic E-state index is 12.1. The summed E-state index contributed by atoms with van der Waals surface area (Å²) < 4.78 is 7.31. The van der Waals surface area contributed by atoms with Gasteiger partial charge < -0.3 is 14.4 Å². The first-order valence-corrected chi connectivity index (χ1v) is 6.80. The first-order valence-electron chi connectivity index (χ1n) is 6.80. The van der Waals surface area contributed by atoms with Crippen LogP contribution in [0.5, 0.6) is 0 Å². The van der Waals surface area contributed by atoms with Crippen molar-refractivity contribution in [2.75, 3.05) is 7.05 Å². The van der Waals surface area contributed by atoms with Crippen molar-refractivity contribution in [2.45, 2.75) is 43.6 Å². The third-order valence-electron chi connectivity index (χ3n) is 4.56. The van der Waals surface area contributed by atoms with Crippen LogP contribution in [0.15, 0.2) is 18.3 Å². The highest BCUT2D eigenvalue weighted by molar-refractivity contribution is 5.87. The average Bonchev–Trinajstić information content (AvgIpc) is 2.89. The molecule has 0 radical (unpaired) electrons. The molecule has 1 aromatic rings. The first-order chi connectivity index (χ1) is 9.08. The van der Waals surface area contributed by atoms with Crippen LogP contribution in [0.1, 0.15) is 29.8 Å². The van der Waals surface area contributed by atoms with Crippen molar-refractivity contribution in [1.82, 2.24) is 9.47 Å². The molecule has 4 atom stereocenters. The van der Waals surface area contributed by atoms with E-state index in [2.05, 4.69) is 11.9 Å². The normalized spacial score (nSPS) is 34.5. The van der Waals surface area contributed by atoms with Gasteiger partial charge in [0.25, 0.3) is 0 Å². The molecule has 2 aliphatic rings. The number of aromatic nitrogens is 1. The number of hydrogen-bond acceptors (Lipinski definition) is 4. The molecule has 19 heavy (non-hydrogen) atoms. The molecule has 5 heteroatoms. The standard InChI is InChI=1S/C14H20N2O3/c1-15-7-3-4-11(15)14(18)19-13-10-6-5-9(16(10)2)8-12(13)17/h3-4,7,9-10,12-13,17H,5-6,8H2,1-2H3/t9-,10+,12+,13-/m0/s1. The minimum Gasteiger partial charge on any atom is -0.453 e. The lowest BCUT2D eigenvalue weighted by Crippen LogP contribution is -2.54. The molecule has 1 aromatic heterocycles. The van der Waals surface area contributed by atoms with Crippen molar-refractivity contribution < 1.29 is 14.6 Å². The van der Waals surface area contributed by atoms with Gasteiger partial charge in [0.1, 0.15) is 11.8 Å². The fourth-order valence-corrected chi connectivity index (χ4v) is 3.40. The first kappa shape index (κ1) is 12.7. The van der Waals surface area contributed by atoms with Crippen molar-refractivity contribution in [3.8, 4) is 0 Å². The molecule has 1 N–H and O–H groups in total. The SMILES string of the molecule is CN1[C@H]2CC[C@@H]1[C@H](OC(=O)c1cccn1C)[C@H](O)C2. The third kappa shape index (κ3) is 2.07. The Hall–Kier alpha value is -1.33. The average molecular weight is 264 g/mol. The molecular formula is C14H20N2O3. The molecular weight excluding hydrogens is 244 g/mol. The maximum absolute atomic E-state index is 12.1. The number of likely N-dealkylation sites (N-methyl/N-ethyl adjacent to an activating group) is 1. The number of nitrogens with zero attached hydrogens (tertiary/aromatic N) is 2. The zero-order valence-corrected chi connectivity index (χ0v) is 11.3. The number of ether oxygens (including phenoxy) is 1. The fourth-order valence-electron chi connectivity index (χ4n) is 3.40. The highest BCUT2D eigenvalue weighted by Crippen LogP contribution is 2.36. The monoisotopic (exact) mass is 264 g/mol. The molecule has 3 rings (SSSR count). The Morgan fingerprint density at radius 1 is 1.42 bits per heavy atom. The second-order valence-electron chi connectivity index (χ2n) is 5.64. The largest absolute Gasteiger partial charge is 0.453 e. The van der Waals surface area contributed by atoms with Crippen LogP contribution in [-0.2, 0) is 11.8 Å². The third-order valence-corrected chi connectivity index (χ3v) is 4.56.